The van der Waals surface area contributed by atoms with Crippen LogP contribution in [0.15, 0.2) is 29.2 Å². The van der Waals surface area contributed by atoms with Crippen molar-refractivity contribution < 1.29 is 24.5 Å². The first-order valence-electron chi connectivity index (χ1n) is 13.7. The van der Waals surface area contributed by atoms with Gasteiger partial charge in [0, 0.05) is 50.4 Å². The molecule has 0 unspecified atom stereocenters. The van der Waals surface area contributed by atoms with Crippen LogP contribution in [0.4, 0.5) is 16.4 Å². The maximum Gasteiger partial charge on any atom is 0.412 e. The summed E-state index contributed by atoms with van der Waals surface area (Å²) in [5.74, 6) is 0.766. The Morgan fingerprint density at radius 1 is 1.27 bits per heavy atom. The maximum absolute atomic E-state index is 13.2. The molecule has 3 heterocycles. The fourth-order valence-electron chi connectivity index (χ4n) is 4.67. The molecule has 2 aromatic rings. The lowest BCUT2D eigenvalue weighted by atomic mass is 9.89. The summed E-state index contributed by atoms with van der Waals surface area (Å²) in [6.45, 7) is 7.25. The molecule has 12 nitrogen and oxygen atoms in total. The van der Waals surface area contributed by atoms with Crippen molar-refractivity contribution in [3.05, 3.63) is 51.4 Å². The minimum atomic E-state index is -2.11. The lowest BCUT2D eigenvalue weighted by Crippen LogP contribution is -2.64. The van der Waals surface area contributed by atoms with Crippen LogP contribution in [0.1, 0.15) is 68.4 Å². The molecule has 5 N–H and O–H groups in total. The van der Waals surface area contributed by atoms with Gasteiger partial charge in [-0.15, -0.1) is 0 Å². The van der Waals surface area contributed by atoms with Crippen molar-refractivity contribution in [3.63, 3.8) is 0 Å². The molecule has 0 saturated heterocycles. The van der Waals surface area contributed by atoms with Crippen molar-refractivity contribution in [1.29, 1.82) is 0 Å². The van der Waals surface area contributed by atoms with Crippen molar-refractivity contribution >= 4 is 23.6 Å². The molecule has 218 valence electrons. The fourth-order valence-corrected chi connectivity index (χ4v) is 4.67. The standard InChI is InChI=1S/C28H40N6O6/c1-6-33(5)23-11-17(10-22(32-23)31-20-8-7-9-20)25(37)30-15-21(35)28(39)13-19-14-29-24(36)12-18(19)16-34(28)26(38)40-27(2,3)4/h10-12,14,20-21,35,39H,6-9,13,15-16H2,1-5H3,(H,29,36)(H,30,37)(H,31,32)/t21-,28+/m1/s1. The third kappa shape index (κ3) is 6.56. The number of aromatic nitrogens is 2. The smallest absolute Gasteiger partial charge is 0.412 e. The van der Waals surface area contributed by atoms with Gasteiger partial charge in [0.15, 0.2) is 5.72 Å². The molecule has 1 aliphatic heterocycles. The second-order valence-electron chi connectivity index (χ2n) is 11.6. The van der Waals surface area contributed by atoms with Crippen LogP contribution in [-0.4, -0.2) is 80.7 Å². The number of nitrogens with one attached hydrogen (secondary N) is 3. The van der Waals surface area contributed by atoms with E-state index in [4.69, 9.17) is 4.74 Å². The zero-order chi connectivity index (χ0) is 29.2. The number of ether oxygens (including phenoxy) is 1. The molecule has 2 aromatic heterocycles. The minimum absolute atomic E-state index is 0.150. The van der Waals surface area contributed by atoms with E-state index in [2.05, 4.69) is 20.6 Å². The molecule has 12 heteroatoms. The Hall–Kier alpha value is -3.64. The van der Waals surface area contributed by atoms with Crippen LogP contribution < -0.4 is 21.1 Å². The van der Waals surface area contributed by atoms with Crippen LogP contribution in [-0.2, 0) is 17.7 Å². The summed E-state index contributed by atoms with van der Waals surface area (Å²) in [4.78, 5) is 48.4. The Morgan fingerprint density at radius 3 is 2.62 bits per heavy atom. The highest BCUT2D eigenvalue weighted by Crippen LogP contribution is 2.33. The van der Waals surface area contributed by atoms with E-state index in [1.54, 1.807) is 32.9 Å². The first kappa shape index (κ1) is 29.3. The molecule has 1 aliphatic carbocycles. The maximum atomic E-state index is 13.2. The van der Waals surface area contributed by atoms with Crippen molar-refractivity contribution in [3.8, 4) is 0 Å². The molecule has 0 bridgehead atoms. The van der Waals surface area contributed by atoms with E-state index in [1.165, 1.54) is 12.3 Å². The van der Waals surface area contributed by atoms with Gasteiger partial charge < -0.3 is 35.5 Å². The number of hydrogen-bond acceptors (Lipinski definition) is 9. The number of nitrogens with zero attached hydrogens (tertiary/aromatic N) is 3. The summed E-state index contributed by atoms with van der Waals surface area (Å²) in [6.07, 6.45) is 2.11. The quantitative estimate of drug-likeness (QED) is 0.327. The molecule has 2 atom stereocenters. The minimum Gasteiger partial charge on any atom is -0.444 e. The third-order valence-corrected chi connectivity index (χ3v) is 7.35. The Bertz CT molecular complexity index is 1300. The normalized spacial score (nSPS) is 19.7. The van der Waals surface area contributed by atoms with Gasteiger partial charge in [0.25, 0.3) is 5.91 Å². The number of rotatable bonds is 8. The molecule has 0 radical (unpaired) electrons. The summed E-state index contributed by atoms with van der Waals surface area (Å²) >= 11 is 0. The molecule has 1 saturated carbocycles. The average Bonchev–Trinajstić information content (AvgIpc) is 2.87. The Morgan fingerprint density at radius 2 is 2.00 bits per heavy atom. The second kappa shape index (κ2) is 11.5. The molecule has 4 rings (SSSR count). The van der Waals surface area contributed by atoms with E-state index >= 15 is 0 Å². The number of carbonyl (C=O) groups excluding carboxylic acids is 2. The number of fused-ring (bicyclic) bond motifs is 1. The number of aliphatic hydroxyl groups is 2. The average molecular weight is 557 g/mol. The number of H-pyrrole nitrogens is 1. The molecule has 2 aliphatic rings. The number of carbonyl (C=O) groups is 2. The Balaban J connectivity index is 1.55. The number of aromatic amines is 1. The second-order valence-corrected chi connectivity index (χ2v) is 11.6. The van der Waals surface area contributed by atoms with E-state index in [9.17, 15) is 24.6 Å². The SMILES string of the molecule is CCN(C)c1cc(C(=O)NC[C@@H](O)[C@@]2(O)Cc3c[nH]c(=O)cc3CN2C(=O)OC(C)(C)C)cc(NC2CCC2)n1. The lowest BCUT2D eigenvalue weighted by molar-refractivity contribution is -0.177. The topological polar surface area (TPSA) is 160 Å². The van der Waals surface area contributed by atoms with Gasteiger partial charge in [0.05, 0.1) is 6.54 Å². The molecule has 0 spiro atoms. The van der Waals surface area contributed by atoms with Gasteiger partial charge in [-0.3, -0.25) is 14.5 Å². The van der Waals surface area contributed by atoms with Gasteiger partial charge in [0.2, 0.25) is 5.56 Å². The highest BCUT2D eigenvalue weighted by atomic mass is 16.6. The number of amides is 2. The van der Waals surface area contributed by atoms with Crippen LogP contribution in [0.25, 0.3) is 0 Å². The number of aliphatic hydroxyl groups excluding tert-OH is 1. The van der Waals surface area contributed by atoms with Gasteiger partial charge in [-0.25, -0.2) is 9.78 Å². The molecule has 1 fully saturated rings. The van der Waals surface area contributed by atoms with Crippen LogP contribution in [0, 0.1) is 0 Å². The van der Waals surface area contributed by atoms with Crippen molar-refractivity contribution in [2.75, 3.05) is 30.4 Å². The molecule has 2 amide bonds. The molecular weight excluding hydrogens is 516 g/mol. The predicted octanol–water partition coefficient (Wildman–Crippen LogP) is 1.96. The van der Waals surface area contributed by atoms with Crippen LogP contribution in [0.5, 0.6) is 0 Å². The highest BCUT2D eigenvalue weighted by Gasteiger charge is 2.49. The highest BCUT2D eigenvalue weighted by molar-refractivity contribution is 5.95. The monoisotopic (exact) mass is 556 g/mol. The number of hydrogen-bond donors (Lipinski definition) is 5. The van der Waals surface area contributed by atoms with Crippen LogP contribution in [0.2, 0.25) is 0 Å². The number of anilines is 2. The van der Waals surface area contributed by atoms with E-state index in [0.29, 0.717) is 40.9 Å². The van der Waals surface area contributed by atoms with Crippen LogP contribution in [0.3, 0.4) is 0 Å². The summed E-state index contributed by atoms with van der Waals surface area (Å²) in [5, 5.41) is 29.0. The third-order valence-electron chi connectivity index (χ3n) is 7.35. The summed E-state index contributed by atoms with van der Waals surface area (Å²) in [7, 11) is 1.88. The first-order valence-corrected chi connectivity index (χ1v) is 13.7. The van der Waals surface area contributed by atoms with E-state index < -0.39 is 29.4 Å². The summed E-state index contributed by atoms with van der Waals surface area (Å²) < 4.78 is 5.49. The Labute approximate surface area is 233 Å². The van der Waals surface area contributed by atoms with Crippen molar-refractivity contribution in [2.24, 2.45) is 0 Å². The zero-order valence-corrected chi connectivity index (χ0v) is 23.8. The fraction of sp³-hybridized carbons (Fsp3) is 0.571. The largest absolute Gasteiger partial charge is 0.444 e. The van der Waals surface area contributed by atoms with Gasteiger partial charge >= 0.3 is 6.09 Å². The first-order chi connectivity index (χ1) is 18.8. The van der Waals surface area contributed by atoms with Crippen LogP contribution >= 0.6 is 0 Å². The van der Waals surface area contributed by atoms with Crippen molar-refractivity contribution in [1.82, 2.24) is 20.2 Å². The predicted molar refractivity (Wildman–Crippen MR) is 150 cm³/mol. The summed E-state index contributed by atoms with van der Waals surface area (Å²) in [6, 6.07) is 5.02. The van der Waals surface area contributed by atoms with Gasteiger partial charge in [-0.1, -0.05) is 0 Å². The van der Waals surface area contributed by atoms with E-state index in [1.807, 2.05) is 18.9 Å². The zero-order valence-electron chi connectivity index (χ0n) is 23.8. The molecule has 0 aromatic carbocycles. The Kier molecular flexibility index (Phi) is 8.41. The van der Waals surface area contributed by atoms with Gasteiger partial charge in [-0.2, -0.15) is 0 Å². The van der Waals surface area contributed by atoms with Crippen molar-refractivity contribution in [2.45, 2.75) is 83.4 Å². The van der Waals surface area contributed by atoms with Gasteiger partial charge in [-0.05, 0) is 70.2 Å². The lowest BCUT2D eigenvalue weighted by Gasteiger charge is -2.46. The van der Waals surface area contributed by atoms with E-state index in [0.717, 1.165) is 24.2 Å². The summed E-state index contributed by atoms with van der Waals surface area (Å²) in [5.41, 5.74) is -1.86. The van der Waals surface area contributed by atoms with Gasteiger partial charge in [0.1, 0.15) is 23.3 Å². The molecular formula is C28H40N6O6. The number of pyridine rings is 2. The van der Waals surface area contributed by atoms with E-state index in [-0.39, 0.29) is 25.1 Å². The molecule has 40 heavy (non-hydrogen) atoms.